The molecule has 0 unspecified atom stereocenters. The average Bonchev–Trinajstić information content (AvgIpc) is 2.87. The van der Waals surface area contributed by atoms with Gasteiger partial charge in [0, 0.05) is 11.4 Å². The van der Waals surface area contributed by atoms with Crippen molar-refractivity contribution in [1.29, 1.82) is 0 Å². The molecule has 3 rings (SSSR count). The summed E-state index contributed by atoms with van der Waals surface area (Å²) in [5.74, 6) is -0.260. The SMILES string of the molecule is OC1(Cc2cc(Cl)ccc2F)CCC2(CCCC2)CC1. The molecular weight excluding hydrogens is 275 g/mol. The van der Waals surface area contributed by atoms with Gasteiger partial charge in [-0.15, -0.1) is 0 Å². The van der Waals surface area contributed by atoms with Gasteiger partial charge >= 0.3 is 0 Å². The van der Waals surface area contributed by atoms with E-state index in [2.05, 4.69) is 0 Å². The average molecular weight is 297 g/mol. The molecule has 0 amide bonds. The van der Waals surface area contributed by atoms with Crippen molar-refractivity contribution in [2.45, 2.75) is 63.4 Å². The van der Waals surface area contributed by atoms with Crippen LogP contribution in [-0.2, 0) is 6.42 Å². The fraction of sp³-hybridized carbons (Fsp3) is 0.647. The lowest BCUT2D eigenvalue weighted by molar-refractivity contribution is -0.0327. The molecule has 1 spiro atoms. The lowest BCUT2D eigenvalue weighted by Gasteiger charge is -2.42. The zero-order valence-corrected chi connectivity index (χ0v) is 12.6. The number of rotatable bonds is 2. The first-order valence-electron chi connectivity index (χ1n) is 7.67. The van der Waals surface area contributed by atoms with Gasteiger partial charge in [-0.3, -0.25) is 0 Å². The Morgan fingerprint density at radius 1 is 1.05 bits per heavy atom. The van der Waals surface area contributed by atoms with Crippen LogP contribution in [0.4, 0.5) is 4.39 Å². The molecule has 0 aromatic heterocycles. The van der Waals surface area contributed by atoms with Crippen molar-refractivity contribution < 1.29 is 9.50 Å². The maximum Gasteiger partial charge on any atom is 0.126 e. The van der Waals surface area contributed by atoms with E-state index < -0.39 is 5.60 Å². The third-order valence-electron chi connectivity index (χ3n) is 5.43. The Kier molecular flexibility index (Phi) is 3.81. The van der Waals surface area contributed by atoms with E-state index in [9.17, 15) is 9.50 Å². The molecule has 1 aromatic carbocycles. The summed E-state index contributed by atoms with van der Waals surface area (Å²) in [6.07, 6.45) is 9.44. The highest BCUT2D eigenvalue weighted by molar-refractivity contribution is 6.30. The van der Waals surface area contributed by atoms with Crippen molar-refractivity contribution in [2.75, 3.05) is 0 Å². The predicted molar refractivity (Wildman–Crippen MR) is 79.4 cm³/mol. The molecule has 0 saturated heterocycles. The topological polar surface area (TPSA) is 20.2 Å². The van der Waals surface area contributed by atoms with Crippen LogP contribution < -0.4 is 0 Å². The molecule has 1 nitrogen and oxygen atoms in total. The van der Waals surface area contributed by atoms with Gasteiger partial charge in [0.2, 0.25) is 0 Å². The van der Waals surface area contributed by atoms with E-state index in [1.165, 1.54) is 31.7 Å². The van der Waals surface area contributed by atoms with E-state index in [0.717, 1.165) is 25.7 Å². The van der Waals surface area contributed by atoms with Crippen LogP contribution in [0.1, 0.15) is 56.9 Å². The van der Waals surface area contributed by atoms with E-state index in [0.29, 0.717) is 22.4 Å². The van der Waals surface area contributed by atoms with Gasteiger partial charge < -0.3 is 5.11 Å². The largest absolute Gasteiger partial charge is 0.390 e. The summed E-state index contributed by atoms with van der Waals surface area (Å²) in [5, 5.41) is 11.3. The van der Waals surface area contributed by atoms with E-state index in [-0.39, 0.29) is 5.82 Å². The van der Waals surface area contributed by atoms with Gasteiger partial charge in [-0.25, -0.2) is 4.39 Å². The highest BCUT2D eigenvalue weighted by atomic mass is 35.5. The van der Waals surface area contributed by atoms with Crippen LogP contribution in [0.2, 0.25) is 5.02 Å². The number of halogens is 2. The lowest BCUT2D eigenvalue weighted by Crippen LogP contribution is -2.40. The van der Waals surface area contributed by atoms with Crippen LogP contribution in [-0.4, -0.2) is 10.7 Å². The summed E-state index contributed by atoms with van der Waals surface area (Å²) in [7, 11) is 0. The molecule has 2 fully saturated rings. The smallest absolute Gasteiger partial charge is 0.126 e. The molecule has 0 bridgehead atoms. The Morgan fingerprint density at radius 2 is 1.70 bits per heavy atom. The van der Waals surface area contributed by atoms with Crippen LogP contribution in [0.15, 0.2) is 18.2 Å². The van der Waals surface area contributed by atoms with Crippen LogP contribution >= 0.6 is 11.6 Å². The molecule has 0 atom stereocenters. The second-order valence-electron chi connectivity index (χ2n) is 6.84. The summed E-state index contributed by atoms with van der Waals surface area (Å²) in [5.41, 5.74) is 0.278. The van der Waals surface area contributed by atoms with E-state index >= 15 is 0 Å². The minimum atomic E-state index is -0.751. The summed E-state index contributed by atoms with van der Waals surface area (Å²) in [4.78, 5) is 0. The molecule has 1 aromatic rings. The Labute approximate surface area is 125 Å². The summed E-state index contributed by atoms with van der Waals surface area (Å²) in [6.45, 7) is 0. The molecule has 2 aliphatic rings. The highest BCUT2D eigenvalue weighted by Gasteiger charge is 2.43. The van der Waals surface area contributed by atoms with Gasteiger partial charge in [0.1, 0.15) is 5.82 Å². The third-order valence-corrected chi connectivity index (χ3v) is 5.67. The van der Waals surface area contributed by atoms with Crippen molar-refractivity contribution in [2.24, 2.45) is 5.41 Å². The van der Waals surface area contributed by atoms with Crippen molar-refractivity contribution in [3.63, 3.8) is 0 Å². The normalized spacial score (nSPS) is 24.1. The second-order valence-corrected chi connectivity index (χ2v) is 7.28. The first-order chi connectivity index (χ1) is 9.50. The molecule has 0 aliphatic heterocycles. The fourth-order valence-electron chi connectivity index (χ4n) is 4.08. The van der Waals surface area contributed by atoms with Gasteiger partial charge in [0.05, 0.1) is 5.60 Å². The quantitative estimate of drug-likeness (QED) is 0.824. The third kappa shape index (κ3) is 2.87. The summed E-state index contributed by atoms with van der Waals surface area (Å²) < 4.78 is 13.8. The Morgan fingerprint density at radius 3 is 2.35 bits per heavy atom. The van der Waals surface area contributed by atoms with Crippen LogP contribution in [0.5, 0.6) is 0 Å². The first kappa shape index (κ1) is 14.3. The van der Waals surface area contributed by atoms with E-state index in [1.54, 1.807) is 12.1 Å². The van der Waals surface area contributed by atoms with Gasteiger partial charge in [-0.2, -0.15) is 0 Å². The molecule has 110 valence electrons. The van der Waals surface area contributed by atoms with Gasteiger partial charge in [-0.1, -0.05) is 24.4 Å². The lowest BCUT2D eigenvalue weighted by atomic mass is 9.66. The summed E-state index contributed by atoms with van der Waals surface area (Å²) in [6, 6.07) is 4.59. The van der Waals surface area contributed by atoms with Crippen molar-refractivity contribution in [3.8, 4) is 0 Å². The second kappa shape index (κ2) is 5.31. The maximum absolute atomic E-state index is 13.8. The molecule has 0 radical (unpaired) electrons. The summed E-state index contributed by atoms with van der Waals surface area (Å²) >= 11 is 5.93. The predicted octanol–water partition coefficient (Wildman–Crippen LogP) is 4.89. The molecule has 1 N–H and O–H groups in total. The van der Waals surface area contributed by atoms with Crippen LogP contribution in [0.25, 0.3) is 0 Å². The van der Waals surface area contributed by atoms with E-state index in [1.807, 2.05) is 0 Å². The highest BCUT2D eigenvalue weighted by Crippen LogP contribution is 2.51. The van der Waals surface area contributed by atoms with Crippen LogP contribution in [0, 0.1) is 11.2 Å². The van der Waals surface area contributed by atoms with Crippen molar-refractivity contribution in [1.82, 2.24) is 0 Å². The fourth-order valence-corrected chi connectivity index (χ4v) is 4.28. The molecule has 2 saturated carbocycles. The van der Waals surface area contributed by atoms with E-state index in [4.69, 9.17) is 11.6 Å². The molecule has 3 heteroatoms. The molecule has 0 heterocycles. The number of aliphatic hydroxyl groups is 1. The Bertz CT molecular complexity index is 484. The first-order valence-corrected chi connectivity index (χ1v) is 8.05. The monoisotopic (exact) mass is 296 g/mol. The zero-order valence-electron chi connectivity index (χ0n) is 11.8. The van der Waals surface area contributed by atoms with Gasteiger partial charge in [0.25, 0.3) is 0 Å². The van der Waals surface area contributed by atoms with Crippen molar-refractivity contribution >= 4 is 11.6 Å². The number of hydrogen-bond donors (Lipinski definition) is 1. The number of benzene rings is 1. The molecular formula is C17H22ClFO. The zero-order chi connectivity index (χ0) is 14.2. The standard InChI is InChI=1S/C17H22ClFO/c18-14-3-4-15(19)13(11-14)12-17(20)9-7-16(8-10-17)5-1-2-6-16/h3-4,11,20H,1-2,5-10,12H2. The van der Waals surface area contributed by atoms with Gasteiger partial charge in [0.15, 0.2) is 0 Å². The van der Waals surface area contributed by atoms with Crippen molar-refractivity contribution in [3.05, 3.63) is 34.6 Å². The van der Waals surface area contributed by atoms with Crippen LogP contribution in [0.3, 0.4) is 0 Å². The van der Waals surface area contributed by atoms with Gasteiger partial charge in [-0.05, 0) is 67.7 Å². The molecule has 2 aliphatic carbocycles. The Balaban J connectivity index is 1.70. The number of hydrogen-bond acceptors (Lipinski definition) is 1. The Hall–Kier alpha value is -0.600. The minimum absolute atomic E-state index is 0.260. The maximum atomic E-state index is 13.8. The molecule has 20 heavy (non-hydrogen) atoms. The minimum Gasteiger partial charge on any atom is -0.390 e.